The summed E-state index contributed by atoms with van der Waals surface area (Å²) in [5.74, 6) is 0.362. The minimum atomic E-state index is -0.195. The highest BCUT2D eigenvalue weighted by Crippen LogP contribution is 2.20. The predicted molar refractivity (Wildman–Crippen MR) is 92.1 cm³/mol. The number of hydrogen-bond acceptors (Lipinski definition) is 4. The van der Waals surface area contributed by atoms with Crippen LogP contribution in [-0.2, 0) is 18.3 Å². The number of aromatic amines is 1. The molecule has 7 heteroatoms. The van der Waals surface area contributed by atoms with Gasteiger partial charge >= 0.3 is 0 Å². The number of hydrogen-bond donors (Lipinski definition) is 2. The third-order valence-electron chi connectivity index (χ3n) is 4.18. The third-order valence-corrected chi connectivity index (χ3v) is 4.18. The molecule has 0 aliphatic rings. The smallest absolute Gasteiger partial charge is 0.273 e. The van der Waals surface area contributed by atoms with Gasteiger partial charge < -0.3 is 5.32 Å². The van der Waals surface area contributed by atoms with Gasteiger partial charge in [0.25, 0.3) is 5.56 Å². The maximum atomic E-state index is 12.4. The van der Waals surface area contributed by atoms with E-state index in [4.69, 9.17) is 0 Å². The zero-order valence-corrected chi connectivity index (χ0v) is 14.1. The Bertz CT molecular complexity index is 1000. The van der Waals surface area contributed by atoms with Crippen LogP contribution in [0.15, 0.2) is 23.1 Å². The molecule has 0 unspecified atom stereocenters. The van der Waals surface area contributed by atoms with Gasteiger partial charge in [0.05, 0.1) is 11.8 Å². The Morgan fingerprint density at radius 2 is 2.08 bits per heavy atom. The first-order chi connectivity index (χ1) is 11.4. The van der Waals surface area contributed by atoms with E-state index in [0.717, 1.165) is 22.4 Å². The summed E-state index contributed by atoms with van der Waals surface area (Å²) < 4.78 is 1.60. The van der Waals surface area contributed by atoms with Gasteiger partial charge in [0.2, 0.25) is 5.91 Å². The third kappa shape index (κ3) is 2.68. The number of aromatic nitrogens is 4. The van der Waals surface area contributed by atoms with Gasteiger partial charge in [-0.1, -0.05) is 6.07 Å². The highest BCUT2D eigenvalue weighted by Gasteiger charge is 2.17. The lowest BCUT2D eigenvalue weighted by atomic mass is 10.0. The Morgan fingerprint density at radius 3 is 2.79 bits per heavy atom. The molecule has 3 heterocycles. The molecule has 0 fully saturated rings. The molecule has 0 aliphatic carbocycles. The predicted octanol–water partition coefficient (Wildman–Crippen LogP) is 1.76. The van der Waals surface area contributed by atoms with E-state index in [-0.39, 0.29) is 17.9 Å². The van der Waals surface area contributed by atoms with E-state index < -0.39 is 0 Å². The largest absolute Gasteiger partial charge is 0.310 e. The standard InChI is InChI=1S/C17H19N5O2/c1-9-6-5-7-18-15(9)20-13(23)8-12-10(2)14-16(19-11(12)3)22(4)21-17(14)24/h5-7H,8H2,1-4H3,(H,21,24)(H,18,20,23). The molecule has 3 rings (SSSR count). The number of carbonyl (C=O) groups excluding carboxylic acids is 1. The van der Waals surface area contributed by atoms with E-state index in [9.17, 15) is 9.59 Å². The minimum absolute atomic E-state index is 0.144. The number of H-pyrrole nitrogens is 1. The summed E-state index contributed by atoms with van der Waals surface area (Å²) in [6.07, 6.45) is 1.78. The molecule has 7 nitrogen and oxygen atoms in total. The Morgan fingerprint density at radius 1 is 1.33 bits per heavy atom. The lowest BCUT2D eigenvalue weighted by molar-refractivity contribution is -0.115. The fraction of sp³-hybridized carbons (Fsp3) is 0.294. The second-order valence-corrected chi connectivity index (χ2v) is 5.89. The highest BCUT2D eigenvalue weighted by molar-refractivity contribution is 5.93. The second kappa shape index (κ2) is 5.92. The molecule has 0 atom stereocenters. The van der Waals surface area contributed by atoms with E-state index in [0.29, 0.717) is 16.9 Å². The van der Waals surface area contributed by atoms with E-state index in [1.807, 2.05) is 32.9 Å². The summed E-state index contributed by atoms with van der Waals surface area (Å²) in [5.41, 5.74) is 3.59. The Hall–Kier alpha value is -2.96. The Kier molecular flexibility index (Phi) is 3.92. The maximum Gasteiger partial charge on any atom is 0.273 e. The molecule has 1 amide bonds. The first-order valence-corrected chi connectivity index (χ1v) is 7.64. The molecule has 0 spiro atoms. The zero-order chi connectivity index (χ0) is 17.4. The summed E-state index contributed by atoms with van der Waals surface area (Å²) in [4.78, 5) is 33.1. The van der Waals surface area contributed by atoms with Crippen LogP contribution in [0.4, 0.5) is 5.82 Å². The van der Waals surface area contributed by atoms with Crippen molar-refractivity contribution in [1.29, 1.82) is 0 Å². The fourth-order valence-corrected chi connectivity index (χ4v) is 2.86. The number of nitrogens with zero attached hydrogens (tertiary/aromatic N) is 3. The molecular weight excluding hydrogens is 306 g/mol. The summed E-state index contributed by atoms with van der Waals surface area (Å²) in [6, 6.07) is 3.70. The summed E-state index contributed by atoms with van der Waals surface area (Å²) in [7, 11) is 1.74. The van der Waals surface area contributed by atoms with Crippen molar-refractivity contribution in [3.63, 3.8) is 0 Å². The first-order valence-electron chi connectivity index (χ1n) is 7.64. The van der Waals surface area contributed by atoms with Crippen LogP contribution in [-0.4, -0.2) is 25.7 Å². The van der Waals surface area contributed by atoms with Crippen LogP contribution in [0, 0.1) is 20.8 Å². The van der Waals surface area contributed by atoms with Crippen LogP contribution in [0.1, 0.15) is 22.4 Å². The number of anilines is 1. The SMILES string of the molecule is Cc1cccnc1NC(=O)Cc1c(C)nc2c(c1C)c(=O)[nH]n2C. The normalized spacial score (nSPS) is 11.0. The van der Waals surface area contributed by atoms with Gasteiger partial charge in [0.15, 0.2) is 5.65 Å². The van der Waals surface area contributed by atoms with Crippen LogP contribution < -0.4 is 10.9 Å². The van der Waals surface area contributed by atoms with Gasteiger partial charge in [-0.15, -0.1) is 0 Å². The number of amides is 1. The van der Waals surface area contributed by atoms with Crippen LogP contribution in [0.3, 0.4) is 0 Å². The van der Waals surface area contributed by atoms with Gasteiger partial charge in [-0.3, -0.25) is 19.4 Å². The topological polar surface area (TPSA) is 92.7 Å². The monoisotopic (exact) mass is 325 g/mol. The highest BCUT2D eigenvalue weighted by atomic mass is 16.1. The van der Waals surface area contributed by atoms with E-state index in [1.54, 1.807) is 17.9 Å². The summed E-state index contributed by atoms with van der Waals surface area (Å²) in [6.45, 7) is 5.58. The number of fused-ring (bicyclic) bond motifs is 1. The average molecular weight is 325 g/mol. The molecule has 0 aromatic carbocycles. The van der Waals surface area contributed by atoms with E-state index in [1.165, 1.54) is 0 Å². The number of rotatable bonds is 3. The van der Waals surface area contributed by atoms with Crippen molar-refractivity contribution in [2.75, 3.05) is 5.32 Å². The Labute approximate surface area is 138 Å². The van der Waals surface area contributed by atoms with Crippen LogP contribution >= 0.6 is 0 Å². The van der Waals surface area contributed by atoms with E-state index >= 15 is 0 Å². The van der Waals surface area contributed by atoms with Crippen molar-refractivity contribution < 1.29 is 4.79 Å². The van der Waals surface area contributed by atoms with Crippen molar-refractivity contribution in [3.8, 4) is 0 Å². The molecule has 2 N–H and O–H groups in total. The van der Waals surface area contributed by atoms with Gasteiger partial charge in [0, 0.05) is 18.9 Å². The molecule has 0 saturated heterocycles. The van der Waals surface area contributed by atoms with Gasteiger partial charge in [-0.2, -0.15) is 0 Å². The van der Waals surface area contributed by atoms with Gasteiger partial charge in [-0.25, -0.2) is 9.97 Å². The number of pyridine rings is 2. The molecule has 124 valence electrons. The quantitative estimate of drug-likeness (QED) is 0.767. The maximum absolute atomic E-state index is 12.4. The summed E-state index contributed by atoms with van der Waals surface area (Å²) >= 11 is 0. The lowest BCUT2D eigenvalue weighted by Gasteiger charge is -2.11. The molecule has 0 aliphatic heterocycles. The molecule has 3 aromatic rings. The molecule has 24 heavy (non-hydrogen) atoms. The number of nitrogens with one attached hydrogen (secondary N) is 2. The number of carbonyl (C=O) groups is 1. The molecule has 0 saturated carbocycles. The zero-order valence-electron chi connectivity index (χ0n) is 14.1. The first kappa shape index (κ1) is 15.9. The number of aryl methyl sites for hydroxylation is 4. The molecule has 0 radical (unpaired) electrons. The van der Waals surface area contributed by atoms with Crippen LogP contribution in [0.2, 0.25) is 0 Å². The minimum Gasteiger partial charge on any atom is -0.310 e. The molecular formula is C17H19N5O2. The van der Waals surface area contributed by atoms with Crippen molar-refractivity contribution in [2.24, 2.45) is 7.05 Å². The van der Waals surface area contributed by atoms with Crippen molar-refractivity contribution in [1.82, 2.24) is 19.7 Å². The van der Waals surface area contributed by atoms with Crippen LogP contribution in [0.25, 0.3) is 11.0 Å². The van der Waals surface area contributed by atoms with E-state index in [2.05, 4.69) is 20.4 Å². The Balaban J connectivity index is 1.95. The second-order valence-electron chi connectivity index (χ2n) is 5.89. The van der Waals surface area contributed by atoms with Gasteiger partial charge in [-0.05, 0) is 43.5 Å². The van der Waals surface area contributed by atoms with Crippen molar-refractivity contribution >= 4 is 22.8 Å². The van der Waals surface area contributed by atoms with Crippen molar-refractivity contribution in [2.45, 2.75) is 27.2 Å². The summed E-state index contributed by atoms with van der Waals surface area (Å²) in [5, 5.41) is 6.04. The average Bonchev–Trinajstić information content (AvgIpc) is 2.80. The fourth-order valence-electron chi connectivity index (χ4n) is 2.86. The van der Waals surface area contributed by atoms with Crippen LogP contribution in [0.5, 0.6) is 0 Å². The van der Waals surface area contributed by atoms with Crippen molar-refractivity contribution in [3.05, 3.63) is 51.1 Å². The lowest BCUT2D eigenvalue weighted by Crippen LogP contribution is -2.18. The molecule has 0 bridgehead atoms. The molecule has 3 aromatic heterocycles. The van der Waals surface area contributed by atoms with Gasteiger partial charge in [0.1, 0.15) is 5.82 Å².